The highest BCUT2D eigenvalue weighted by atomic mass is 16.7. The van der Waals surface area contributed by atoms with E-state index in [1.165, 1.54) is 0 Å². The molecule has 5 atom stereocenters. The van der Waals surface area contributed by atoms with E-state index < -0.39 is 36.3 Å². The minimum Gasteiger partial charge on any atom is -0.394 e. The van der Waals surface area contributed by atoms with Crippen molar-refractivity contribution >= 4 is 0 Å². The van der Waals surface area contributed by atoms with Crippen LogP contribution in [0.2, 0.25) is 0 Å². The molecule has 0 aliphatic carbocycles. The van der Waals surface area contributed by atoms with Crippen molar-refractivity contribution in [2.75, 3.05) is 6.61 Å². The summed E-state index contributed by atoms with van der Waals surface area (Å²) in [4.78, 5) is 0. The molecule has 0 radical (unpaired) electrons. The SMILES string of the molecule is OC[C@H]1OC(O)(Cc2ccccc2)[C@@](Cc2ccccc2)(OCc2ccccc2)[C@@H](O)[C@@H]1O. The molecule has 0 saturated carbocycles. The first-order valence-electron chi connectivity index (χ1n) is 11.1. The topological polar surface area (TPSA) is 99.4 Å². The maximum Gasteiger partial charge on any atom is 0.202 e. The monoisotopic (exact) mass is 450 g/mol. The summed E-state index contributed by atoms with van der Waals surface area (Å²) in [6.07, 6.45) is -4.07. The van der Waals surface area contributed by atoms with Gasteiger partial charge in [-0.15, -0.1) is 0 Å². The van der Waals surface area contributed by atoms with Gasteiger partial charge in [0.25, 0.3) is 0 Å². The van der Waals surface area contributed by atoms with E-state index in [0.717, 1.165) is 16.7 Å². The average Bonchev–Trinajstić information content (AvgIpc) is 2.85. The van der Waals surface area contributed by atoms with Crippen LogP contribution < -0.4 is 0 Å². The Morgan fingerprint density at radius 2 is 1.21 bits per heavy atom. The molecule has 1 aliphatic rings. The van der Waals surface area contributed by atoms with E-state index in [4.69, 9.17) is 9.47 Å². The van der Waals surface area contributed by atoms with Crippen LogP contribution in [0.25, 0.3) is 0 Å². The van der Waals surface area contributed by atoms with Crippen molar-refractivity contribution in [3.63, 3.8) is 0 Å². The van der Waals surface area contributed by atoms with Crippen LogP contribution in [0.1, 0.15) is 16.7 Å². The zero-order chi connectivity index (χ0) is 23.3. The fourth-order valence-electron chi connectivity index (χ4n) is 4.52. The van der Waals surface area contributed by atoms with Crippen molar-refractivity contribution in [3.8, 4) is 0 Å². The van der Waals surface area contributed by atoms with Crippen LogP contribution in [0.3, 0.4) is 0 Å². The van der Waals surface area contributed by atoms with E-state index in [2.05, 4.69) is 0 Å². The van der Waals surface area contributed by atoms with Gasteiger partial charge in [-0.1, -0.05) is 91.0 Å². The second-order valence-corrected chi connectivity index (χ2v) is 8.55. The maximum atomic E-state index is 12.0. The summed E-state index contributed by atoms with van der Waals surface area (Å²) in [5.41, 5.74) is 0.693. The molecule has 3 aromatic carbocycles. The third kappa shape index (κ3) is 4.87. The largest absolute Gasteiger partial charge is 0.394 e. The van der Waals surface area contributed by atoms with Gasteiger partial charge in [0.1, 0.15) is 18.3 Å². The summed E-state index contributed by atoms with van der Waals surface area (Å²) < 4.78 is 12.3. The molecule has 4 N–H and O–H groups in total. The van der Waals surface area contributed by atoms with Crippen LogP contribution in [-0.2, 0) is 28.9 Å². The molecule has 174 valence electrons. The molecular formula is C27H30O6. The standard InChI is InChI=1S/C27H30O6/c28-18-23-24(29)25(30)26(16-20-10-4-1-5-11-20,32-19-22-14-8-3-9-15-22)27(31,33-23)17-21-12-6-2-7-13-21/h1-15,23-25,28-31H,16-19H2/t23-,24-,25+,26+,27?/m1/s1. The van der Waals surface area contributed by atoms with Crippen LogP contribution in [-0.4, -0.2) is 56.7 Å². The summed E-state index contributed by atoms with van der Waals surface area (Å²) in [5, 5.41) is 44.1. The average molecular weight is 451 g/mol. The molecule has 1 saturated heterocycles. The number of aliphatic hydroxyl groups excluding tert-OH is 3. The van der Waals surface area contributed by atoms with E-state index in [1.54, 1.807) is 0 Å². The lowest BCUT2D eigenvalue weighted by molar-refractivity contribution is -0.399. The number of hydrogen-bond acceptors (Lipinski definition) is 6. The van der Waals surface area contributed by atoms with Gasteiger partial charge in [0.05, 0.1) is 13.2 Å². The molecule has 0 spiro atoms. The normalized spacial score (nSPS) is 29.6. The fraction of sp³-hybridized carbons (Fsp3) is 0.333. The minimum absolute atomic E-state index is 0.00422. The van der Waals surface area contributed by atoms with Gasteiger partial charge in [-0.05, 0) is 16.7 Å². The van der Waals surface area contributed by atoms with Gasteiger partial charge in [-0.2, -0.15) is 0 Å². The fourth-order valence-corrected chi connectivity index (χ4v) is 4.52. The molecule has 1 fully saturated rings. The Hall–Kier alpha value is -2.58. The Kier molecular flexibility index (Phi) is 7.24. The van der Waals surface area contributed by atoms with E-state index >= 15 is 0 Å². The van der Waals surface area contributed by atoms with Gasteiger partial charge >= 0.3 is 0 Å². The first-order valence-corrected chi connectivity index (χ1v) is 11.1. The summed E-state index contributed by atoms with van der Waals surface area (Å²) >= 11 is 0. The van der Waals surface area contributed by atoms with Crippen LogP contribution in [0.5, 0.6) is 0 Å². The first kappa shape index (κ1) is 23.6. The molecular weight excluding hydrogens is 420 g/mol. The molecule has 1 aliphatic heterocycles. The summed E-state index contributed by atoms with van der Waals surface area (Å²) in [6, 6.07) is 28.0. The van der Waals surface area contributed by atoms with Crippen molar-refractivity contribution < 1.29 is 29.9 Å². The van der Waals surface area contributed by atoms with Crippen LogP contribution in [0, 0.1) is 0 Å². The highest BCUT2D eigenvalue weighted by molar-refractivity contribution is 5.25. The van der Waals surface area contributed by atoms with Crippen LogP contribution >= 0.6 is 0 Å². The lowest BCUT2D eigenvalue weighted by atomic mass is 9.73. The Bertz CT molecular complexity index is 999. The Labute approximate surface area is 193 Å². The number of aliphatic hydroxyl groups is 4. The van der Waals surface area contributed by atoms with Crippen molar-refractivity contribution in [1.82, 2.24) is 0 Å². The van der Waals surface area contributed by atoms with Crippen molar-refractivity contribution in [2.45, 2.75) is 49.1 Å². The molecule has 6 nitrogen and oxygen atoms in total. The minimum atomic E-state index is -2.04. The molecule has 0 aromatic heterocycles. The van der Waals surface area contributed by atoms with E-state index in [9.17, 15) is 20.4 Å². The van der Waals surface area contributed by atoms with Crippen LogP contribution in [0.4, 0.5) is 0 Å². The Morgan fingerprint density at radius 1 is 0.727 bits per heavy atom. The molecule has 6 heteroatoms. The van der Waals surface area contributed by atoms with Gasteiger partial charge in [-0.25, -0.2) is 0 Å². The third-order valence-electron chi connectivity index (χ3n) is 6.31. The number of ether oxygens (including phenoxy) is 2. The molecule has 0 bridgehead atoms. The Balaban J connectivity index is 1.79. The van der Waals surface area contributed by atoms with E-state index in [-0.39, 0.29) is 19.4 Å². The predicted molar refractivity (Wildman–Crippen MR) is 123 cm³/mol. The zero-order valence-corrected chi connectivity index (χ0v) is 18.3. The van der Waals surface area contributed by atoms with Gasteiger partial charge in [0, 0.05) is 12.8 Å². The zero-order valence-electron chi connectivity index (χ0n) is 18.3. The second-order valence-electron chi connectivity index (χ2n) is 8.55. The van der Waals surface area contributed by atoms with Crippen LogP contribution in [0.15, 0.2) is 91.0 Å². The summed E-state index contributed by atoms with van der Waals surface area (Å²) in [6.45, 7) is -0.475. The molecule has 4 rings (SSSR count). The number of hydrogen-bond donors (Lipinski definition) is 4. The van der Waals surface area contributed by atoms with Crippen molar-refractivity contribution in [1.29, 1.82) is 0 Å². The molecule has 1 heterocycles. The van der Waals surface area contributed by atoms with Gasteiger partial charge < -0.3 is 29.9 Å². The van der Waals surface area contributed by atoms with Gasteiger partial charge in [0.15, 0.2) is 5.60 Å². The van der Waals surface area contributed by atoms with E-state index in [0.29, 0.717) is 0 Å². The van der Waals surface area contributed by atoms with Crippen molar-refractivity contribution in [2.24, 2.45) is 0 Å². The predicted octanol–water partition coefficient (Wildman–Crippen LogP) is 2.23. The molecule has 33 heavy (non-hydrogen) atoms. The lowest BCUT2D eigenvalue weighted by Crippen LogP contribution is -2.75. The molecule has 0 amide bonds. The number of rotatable bonds is 8. The molecule has 3 aromatic rings. The third-order valence-corrected chi connectivity index (χ3v) is 6.31. The maximum absolute atomic E-state index is 12.0. The first-order chi connectivity index (χ1) is 16.0. The Morgan fingerprint density at radius 3 is 1.73 bits per heavy atom. The number of benzene rings is 3. The van der Waals surface area contributed by atoms with Crippen molar-refractivity contribution in [3.05, 3.63) is 108 Å². The highest BCUT2D eigenvalue weighted by Gasteiger charge is 2.64. The van der Waals surface area contributed by atoms with Gasteiger partial charge in [0.2, 0.25) is 5.79 Å². The second kappa shape index (κ2) is 10.1. The lowest BCUT2D eigenvalue weighted by Gasteiger charge is -2.55. The molecule has 1 unspecified atom stereocenters. The highest BCUT2D eigenvalue weighted by Crippen LogP contribution is 2.44. The quantitative estimate of drug-likeness (QED) is 0.420. The smallest absolute Gasteiger partial charge is 0.202 e. The summed E-state index contributed by atoms with van der Waals surface area (Å²) in [5.74, 6) is -2.04. The van der Waals surface area contributed by atoms with E-state index in [1.807, 2.05) is 91.0 Å². The summed E-state index contributed by atoms with van der Waals surface area (Å²) in [7, 11) is 0. The van der Waals surface area contributed by atoms with Gasteiger partial charge in [-0.3, -0.25) is 0 Å².